The number of hydrogen-bond acceptors (Lipinski definition) is 2. The molecule has 0 amide bonds. The Morgan fingerprint density at radius 1 is 0.600 bits per heavy atom. The summed E-state index contributed by atoms with van der Waals surface area (Å²) in [6, 6.07) is 18.4. The smallest absolute Gasteiger partial charge is 0.0468 e. The quantitative estimate of drug-likeness (QED) is 0.830. The average Bonchev–Trinajstić information content (AvgIpc) is 3.39. The van der Waals surface area contributed by atoms with Crippen molar-refractivity contribution in [1.29, 1.82) is 0 Å². The van der Waals surface area contributed by atoms with Crippen molar-refractivity contribution in [3.8, 4) is 11.1 Å². The largest absolute Gasteiger partial charge is 0.302 e. The van der Waals surface area contributed by atoms with Crippen molar-refractivity contribution < 1.29 is 0 Å². The maximum atomic E-state index is 2.72. The highest BCUT2D eigenvalue weighted by atomic mass is 15.2. The Morgan fingerprint density at radius 3 is 1.44 bits per heavy atom. The fourth-order valence-corrected chi connectivity index (χ4v) is 5.45. The minimum absolute atomic E-state index is 0.141. The van der Waals surface area contributed by atoms with Crippen LogP contribution in [0.15, 0.2) is 48.5 Å². The molecule has 2 heterocycles. The zero-order valence-corrected chi connectivity index (χ0v) is 15.1. The Balaban J connectivity index is 1.65. The van der Waals surface area contributed by atoms with Crippen LogP contribution in [-0.2, 0) is 5.41 Å². The Labute approximate surface area is 151 Å². The molecule has 5 rings (SSSR count). The molecule has 1 aliphatic carbocycles. The van der Waals surface area contributed by atoms with Crippen LogP contribution in [0.3, 0.4) is 0 Å². The summed E-state index contributed by atoms with van der Waals surface area (Å²) in [6.07, 6.45) is 5.46. The van der Waals surface area contributed by atoms with Gasteiger partial charge in [0.25, 0.3) is 0 Å². The van der Waals surface area contributed by atoms with Crippen LogP contribution in [0.5, 0.6) is 0 Å². The monoisotopic (exact) mass is 332 g/mol. The van der Waals surface area contributed by atoms with Gasteiger partial charge in [-0.15, -0.1) is 0 Å². The van der Waals surface area contributed by atoms with E-state index in [4.69, 9.17) is 0 Å². The van der Waals surface area contributed by atoms with E-state index in [0.717, 1.165) is 0 Å². The average molecular weight is 332 g/mol. The number of nitrogens with zero attached hydrogens (tertiary/aromatic N) is 2. The molecule has 0 N–H and O–H groups in total. The van der Waals surface area contributed by atoms with E-state index in [1.807, 2.05) is 0 Å². The summed E-state index contributed by atoms with van der Waals surface area (Å²) in [6.45, 7) is 7.44. The second kappa shape index (κ2) is 6.26. The SMILES string of the molecule is c1ccc2c(c1)-c1ccccc1C2(CN1CCCC1)CN1CCCC1. The Kier molecular flexibility index (Phi) is 3.91. The Hall–Kier alpha value is -1.64. The van der Waals surface area contributed by atoms with Gasteiger partial charge in [0, 0.05) is 18.5 Å². The molecule has 0 saturated carbocycles. The van der Waals surface area contributed by atoms with Gasteiger partial charge in [-0.25, -0.2) is 0 Å². The number of fused-ring (bicyclic) bond motifs is 3. The second-order valence-corrected chi connectivity index (χ2v) is 8.14. The van der Waals surface area contributed by atoms with Gasteiger partial charge in [-0.1, -0.05) is 48.5 Å². The van der Waals surface area contributed by atoms with Crippen LogP contribution in [0.25, 0.3) is 11.1 Å². The third kappa shape index (κ3) is 2.54. The molecule has 0 spiro atoms. The van der Waals surface area contributed by atoms with Gasteiger partial charge in [0.15, 0.2) is 0 Å². The Bertz CT molecular complexity index is 689. The van der Waals surface area contributed by atoms with E-state index in [1.54, 1.807) is 11.1 Å². The highest BCUT2D eigenvalue weighted by Gasteiger charge is 2.45. The maximum absolute atomic E-state index is 2.72. The van der Waals surface area contributed by atoms with Gasteiger partial charge in [0.05, 0.1) is 0 Å². The van der Waals surface area contributed by atoms with Gasteiger partial charge in [-0.05, 0) is 74.1 Å². The van der Waals surface area contributed by atoms with Crippen molar-refractivity contribution in [1.82, 2.24) is 9.80 Å². The number of rotatable bonds is 4. The first kappa shape index (κ1) is 15.6. The fourth-order valence-electron chi connectivity index (χ4n) is 5.45. The molecule has 0 radical (unpaired) electrons. The van der Waals surface area contributed by atoms with Crippen molar-refractivity contribution >= 4 is 0 Å². The van der Waals surface area contributed by atoms with Crippen LogP contribution in [0.1, 0.15) is 36.8 Å². The first-order valence-corrected chi connectivity index (χ1v) is 10.0. The van der Waals surface area contributed by atoms with Gasteiger partial charge in [0.2, 0.25) is 0 Å². The third-order valence-corrected chi connectivity index (χ3v) is 6.56. The molecular formula is C23H28N2. The number of benzene rings is 2. The molecule has 2 aromatic carbocycles. The molecule has 0 bridgehead atoms. The molecule has 0 unspecified atom stereocenters. The normalized spacial score (nSPS) is 22.2. The Morgan fingerprint density at radius 2 is 1.00 bits per heavy atom. The zero-order chi connectivity index (χ0) is 16.7. The van der Waals surface area contributed by atoms with Crippen LogP contribution in [0.2, 0.25) is 0 Å². The predicted molar refractivity (Wildman–Crippen MR) is 104 cm³/mol. The number of likely N-dealkylation sites (tertiary alicyclic amines) is 2. The van der Waals surface area contributed by atoms with Crippen molar-refractivity contribution in [2.75, 3.05) is 39.3 Å². The van der Waals surface area contributed by atoms with Crippen molar-refractivity contribution in [3.63, 3.8) is 0 Å². The third-order valence-electron chi connectivity index (χ3n) is 6.56. The summed E-state index contributed by atoms with van der Waals surface area (Å²) in [5.74, 6) is 0. The lowest BCUT2D eigenvalue weighted by atomic mass is 9.77. The lowest BCUT2D eigenvalue weighted by molar-refractivity contribution is 0.210. The van der Waals surface area contributed by atoms with E-state index in [-0.39, 0.29) is 5.41 Å². The van der Waals surface area contributed by atoms with Crippen LogP contribution in [0.4, 0.5) is 0 Å². The molecule has 2 fully saturated rings. The lowest BCUT2D eigenvalue weighted by Crippen LogP contribution is -2.47. The minimum Gasteiger partial charge on any atom is -0.302 e. The van der Waals surface area contributed by atoms with Gasteiger partial charge >= 0.3 is 0 Å². The van der Waals surface area contributed by atoms with E-state index in [9.17, 15) is 0 Å². The van der Waals surface area contributed by atoms with Crippen LogP contribution in [-0.4, -0.2) is 49.1 Å². The predicted octanol–water partition coefficient (Wildman–Crippen LogP) is 4.14. The lowest BCUT2D eigenvalue weighted by Gasteiger charge is -2.39. The van der Waals surface area contributed by atoms with E-state index in [1.165, 1.54) is 76.1 Å². The summed E-state index contributed by atoms with van der Waals surface area (Å²) >= 11 is 0. The van der Waals surface area contributed by atoms with E-state index >= 15 is 0 Å². The van der Waals surface area contributed by atoms with Gasteiger partial charge in [-0.2, -0.15) is 0 Å². The van der Waals surface area contributed by atoms with E-state index in [0.29, 0.717) is 0 Å². The molecule has 3 aliphatic rings. The summed E-state index contributed by atoms with van der Waals surface area (Å²) in [7, 11) is 0. The van der Waals surface area contributed by atoms with Crippen LogP contribution >= 0.6 is 0 Å². The maximum Gasteiger partial charge on any atom is 0.0468 e. The summed E-state index contributed by atoms with van der Waals surface area (Å²) < 4.78 is 0. The molecule has 0 atom stereocenters. The molecule has 2 nitrogen and oxygen atoms in total. The molecule has 2 heteroatoms. The van der Waals surface area contributed by atoms with E-state index in [2.05, 4.69) is 58.3 Å². The standard InChI is InChI=1S/C23H28N2/c1-3-11-21-19(9-1)20-10-2-4-12-22(20)23(21,17-24-13-5-6-14-24)18-25-15-7-8-16-25/h1-4,9-12H,5-8,13-18H2. The zero-order valence-electron chi connectivity index (χ0n) is 15.1. The van der Waals surface area contributed by atoms with Crippen molar-refractivity contribution in [3.05, 3.63) is 59.7 Å². The second-order valence-electron chi connectivity index (χ2n) is 8.14. The molecule has 2 saturated heterocycles. The van der Waals surface area contributed by atoms with Crippen LogP contribution in [0, 0.1) is 0 Å². The molecule has 130 valence electrons. The first-order valence-electron chi connectivity index (χ1n) is 10.0. The highest BCUT2D eigenvalue weighted by molar-refractivity contribution is 5.81. The summed E-state index contributed by atoms with van der Waals surface area (Å²) in [5, 5.41) is 0. The van der Waals surface area contributed by atoms with Crippen molar-refractivity contribution in [2.45, 2.75) is 31.1 Å². The van der Waals surface area contributed by atoms with Crippen LogP contribution < -0.4 is 0 Å². The highest BCUT2D eigenvalue weighted by Crippen LogP contribution is 2.50. The topological polar surface area (TPSA) is 6.48 Å². The minimum atomic E-state index is 0.141. The first-order chi connectivity index (χ1) is 12.4. The van der Waals surface area contributed by atoms with Gasteiger partial charge in [-0.3, -0.25) is 0 Å². The van der Waals surface area contributed by atoms with Gasteiger partial charge in [0.1, 0.15) is 0 Å². The molecule has 2 aromatic rings. The van der Waals surface area contributed by atoms with Gasteiger partial charge < -0.3 is 9.80 Å². The molecule has 25 heavy (non-hydrogen) atoms. The molecular weight excluding hydrogens is 304 g/mol. The molecule has 0 aromatic heterocycles. The summed E-state index contributed by atoms with van der Waals surface area (Å²) in [5.41, 5.74) is 6.21. The summed E-state index contributed by atoms with van der Waals surface area (Å²) in [4.78, 5) is 5.43. The molecule has 2 aliphatic heterocycles. The van der Waals surface area contributed by atoms with E-state index < -0.39 is 0 Å². The van der Waals surface area contributed by atoms with Crippen molar-refractivity contribution in [2.24, 2.45) is 0 Å². The number of hydrogen-bond donors (Lipinski definition) is 0. The fraction of sp³-hybridized carbons (Fsp3) is 0.478.